The molecule has 0 spiro atoms. The van der Waals surface area contributed by atoms with Crippen molar-refractivity contribution >= 4 is 11.6 Å². The van der Waals surface area contributed by atoms with Crippen molar-refractivity contribution in [2.24, 2.45) is 5.73 Å². The van der Waals surface area contributed by atoms with Gasteiger partial charge >= 0.3 is 0 Å². The Balaban J connectivity index is 1.91. The molecule has 2 N–H and O–H groups in total. The fraction of sp³-hybridized carbons (Fsp3) is 0.400. The van der Waals surface area contributed by atoms with Gasteiger partial charge in [-0.15, -0.1) is 0 Å². The number of hydrogen-bond donors (Lipinski definition) is 1. The number of rotatable bonds is 3. The first-order valence-corrected chi connectivity index (χ1v) is 7.28. The van der Waals surface area contributed by atoms with Crippen LogP contribution < -0.4 is 10.5 Å². The predicted octanol–water partition coefficient (Wildman–Crippen LogP) is 3.47. The number of benzene rings is 1. The van der Waals surface area contributed by atoms with E-state index in [-0.39, 0.29) is 12.1 Å². The second kappa shape index (κ2) is 5.46. The zero-order valence-electron chi connectivity index (χ0n) is 11.4. The smallest absolute Gasteiger partial charge is 0.142 e. The molecular formula is C15H18ClN3O. The number of halogens is 1. The van der Waals surface area contributed by atoms with Crippen LogP contribution in [-0.2, 0) is 6.54 Å². The number of fused-ring (bicyclic) bond motifs is 1. The molecule has 1 aliphatic heterocycles. The van der Waals surface area contributed by atoms with Crippen molar-refractivity contribution < 1.29 is 4.74 Å². The van der Waals surface area contributed by atoms with E-state index in [1.807, 2.05) is 30.7 Å². The summed E-state index contributed by atoms with van der Waals surface area (Å²) in [5.41, 5.74) is 8.34. The van der Waals surface area contributed by atoms with E-state index in [0.717, 1.165) is 36.4 Å². The lowest BCUT2D eigenvalue weighted by atomic mass is 9.96. The number of hydrogen-bond acceptors (Lipinski definition) is 3. The summed E-state index contributed by atoms with van der Waals surface area (Å²) in [7, 11) is 0. The normalized spacial score (nSPS) is 21.4. The highest BCUT2D eigenvalue weighted by molar-refractivity contribution is 6.30. The Hall–Kier alpha value is -1.52. The number of nitrogens with zero attached hydrogens (tertiary/aromatic N) is 2. The Labute approximate surface area is 123 Å². The maximum Gasteiger partial charge on any atom is 0.142 e. The second-order valence-electron chi connectivity index (χ2n) is 5.14. The Morgan fingerprint density at radius 3 is 3.15 bits per heavy atom. The molecular weight excluding hydrogens is 274 g/mol. The summed E-state index contributed by atoms with van der Waals surface area (Å²) in [6.45, 7) is 3.09. The summed E-state index contributed by atoms with van der Waals surface area (Å²) >= 11 is 6.02. The van der Waals surface area contributed by atoms with E-state index in [1.165, 1.54) is 0 Å². The van der Waals surface area contributed by atoms with Crippen molar-refractivity contribution in [1.82, 2.24) is 9.55 Å². The van der Waals surface area contributed by atoms with Crippen molar-refractivity contribution in [3.8, 4) is 5.75 Å². The van der Waals surface area contributed by atoms with Crippen LogP contribution in [0.3, 0.4) is 0 Å². The summed E-state index contributed by atoms with van der Waals surface area (Å²) < 4.78 is 8.23. The molecule has 0 saturated carbocycles. The molecule has 0 aliphatic carbocycles. The van der Waals surface area contributed by atoms with Crippen molar-refractivity contribution in [2.45, 2.75) is 38.5 Å². The highest BCUT2D eigenvalue weighted by atomic mass is 35.5. The van der Waals surface area contributed by atoms with Crippen LogP contribution in [0.25, 0.3) is 0 Å². The molecule has 0 radical (unpaired) electrons. The van der Waals surface area contributed by atoms with Crippen LogP contribution in [0, 0.1) is 0 Å². The molecule has 4 nitrogen and oxygen atoms in total. The van der Waals surface area contributed by atoms with Crippen LogP contribution in [-0.4, -0.2) is 9.55 Å². The third-order valence-electron chi connectivity index (χ3n) is 3.65. The molecule has 2 heterocycles. The predicted molar refractivity (Wildman–Crippen MR) is 78.9 cm³/mol. The van der Waals surface area contributed by atoms with Crippen LogP contribution in [0.2, 0.25) is 5.02 Å². The van der Waals surface area contributed by atoms with Crippen LogP contribution in [0.5, 0.6) is 5.75 Å². The van der Waals surface area contributed by atoms with E-state index in [4.69, 9.17) is 22.1 Å². The van der Waals surface area contributed by atoms with Gasteiger partial charge in [0.1, 0.15) is 11.9 Å². The van der Waals surface area contributed by atoms with Gasteiger partial charge < -0.3 is 15.0 Å². The van der Waals surface area contributed by atoms with E-state index < -0.39 is 0 Å². The maximum absolute atomic E-state index is 6.27. The third kappa shape index (κ3) is 2.41. The summed E-state index contributed by atoms with van der Waals surface area (Å²) in [5.74, 6) is 0.822. The molecule has 3 rings (SSSR count). The first-order valence-electron chi connectivity index (χ1n) is 6.90. The molecule has 1 aliphatic rings. The van der Waals surface area contributed by atoms with Crippen molar-refractivity contribution in [2.75, 3.05) is 0 Å². The van der Waals surface area contributed by atoms with Gasteiger partial charge in [-0.2, -0.15) is 0 Å². The number of imidazole rings is 1. The first-order chi connectivity index (χ1) is 9.69. The Morgan fingerprint density at radius 1 is 1.50 bits per heavy atom. The van der Waals surface area contributed by atoms with Gasteiger partial charge in [-0.3, -0.25) is 0 Å². The SMILES string of the molecule is CCCn1cncc1C1CC(N)c2cc(Cl)ccc2O1. The maximum atomic E-state index is 6.27. The molecule has 0 amide bonds. The van der Waals surface area contributed by atoms with E-state index in [2.05, 4.69) is 16.5 Å². The van der Waals surface area contributed by atoms with Gasteiger partial charge in [0.25, 0.3) is 0 Å². The molecule has 5 heteroatoms. The van der Waals surface area contributed by atoms with Gasteiger partial charge in [0, 0.05) is 29.6 Å². The van der Waals surface area contributed by atoms with E-state index in [1.54, 1.807) is 0 Å². The van der Waals surface area contributed by atoms with Crippen molar-refractivity contribution in [3.63, 3.8) is 0 Å². The Bertz CT molecular complexity index is 611. The van der Waals surface area contributed by atoms with E-state index in [0.29, 0.717) is 5.02 Å². The lowest BCUT2D eigenvalue weighted by molar-refractivity contribution is 0.153. The summed E-state index contributed by atoms with van der Waals surface area (Å²) in [5, 5.41) is 0.692. The highest BCUT2D eigenvalue weighted by Gasteiger charge is 2.29. The van der Waals surface area contributed by atoms with Gasteiger partial charge in [-0.05, 0) is 24.6 Å². The third-order valence-corrected chi connectivity index (χ3v) is 3.88. The molecule has 2 aromatic rings. The minimum Gasteiger partial charge on any atom is -0.484 e. The highest BCUT2D eigenvalue weighted by Crippen LogP contribution is 2.40. The zero-order valence-corrected chi connectivity index (χ0v) is 12.2. The summed E-state index contributed by atoms with van der Waals surface area (Å²) in [6, 6.07) is 5.55. The minimum absolute atomic E-state index is 0.0484. The number of aromatic nitrogens is 2. The van der Waals surface area contributed by atoms with Gasteiger partial charge in [-0.25, -0.2) is 4.98 Å². The average molecular weight is 292 g/mol. The molecule has 0 bridgehead atoms. The Kier molecular flexibility index (Phi) is 3.68. The van der Waals surface area contributed by atoms with E-state index in [9.17, 15) is 0 Å². The van der Waals surface area contributed by atoms with Crippen molar-refractivity contribution in [1.29, 1.82) is 0 Å². The molecule has 2 atom stereocenters. The number of nitrogens with two attached hydrogens (primary N) is 1. The molecule has 2 unspecified atom stereocenters. The fourth-order valence-corrected chi connectivity index (χ4v) is 2.86. The largest absolute Gasteiger partial charge is 0.484 e. The second-order valence-corrected chi connectivity index (χ2v) is 5.58. The summed E-state index contributed by atoms with van der Waals surface area (Å²) in [6.07, 6.45) is 5.48. The monoisotopic (exact) mass is 291 g/mol. The van der Waals surface area contributed by atoms with Gasteiger partial charge in [0.2, 0.25) is 0 Å². The molecule has 0 fully saturated rings. The summed E-state index contributed by atoms with van der Waals surface area (Å²) in [4.78, 5) is 4.23. The Morgan fingerprint density at radius 2 is 2.35 bits per heavy atom. The van der Waals surface area contributed by atoms with Crippen LogP contribution in [0.15, 0.2) is 30.7 Å². The molecule has 1 aromatic carbocycles. The molecule has 106 valence electrons. The van der Waals surface area contributed by atoms with Crippen LogP contribution in [0.4, 0.5) is 0 Å². The lowest BCUT2D eigenvalue weighted by Crippen LogP contribution is -2.25. The quantitative estimate of drug-likeness (QED) is 0.942. The van der Waals surface area contributed by atoms with Crippen LogP contribution >= 0.6 is 11.6 Å². The molecule has 1 aromatic heterocycles. The van der Waals surface area contributed by atoms with Gasteiger partial charge in [-0.1, -0.05) is 18.5 Å². The fourth-order valence-electron chi connectivity index (χ4n) is 2.68. The minimum atomic E-state index is -0.0626. The van der Waals surface area contributed by atoms with Gasteiger partial charge in [0.05, 0.1) is 18.2 Å². The molecule has 20 heavy (non-hydrogen) atoms. The van der Waals surface area contributed by atoms with Gasteiger partial charge in [0.15, 0.2) is 0 Å². The number of aryl methyl sites for hydroxylation is 1. The number of ether oxygens (including phenoxy) is 1. The topological polar surface area (TPSA) is 53.1 Å². The lowest BCUT2D eigenvalue weighted by Gasteiger charge is -2.30. The average Bonchev–Trinajstić information content (AvgIpc) is 2.88. The zero-order chi connectivity index (χ0) is 14.1. The molecule has 0 saturated heterocycles. The van der Waals surface area contributed by atoms with E-state index >= 15 is 0 Å². The first kappa shape index (κ1) is 13.5. The van der Waals surface area contributed by atoms with Crippen molar-refractivity contribution in [3.05, 3.63) is 47.0 Å². The van der Waals surface area contributed by atoms with Crippen LogP contribution in [0.1, 0.15) is 43.2 Å². The standard InChI is InChI=1S/C15H18ClN3O/c1-2-5-19-9-18-8-13(19)15-7-12(17)11-6-10(16)3-4-14(11)20-15/h3-4,6,8-9,12,15H,2,5,7,17H2,1H3.